The molecule has 0 amide bonds. The standard InChI is InChI=1S/C9H13N3O4S/c1-3-6(2)17(15,16)7-4-8(12(13)14)9(10)11-5-7/h4-6H,3H2,1-2H3,(H2,10,11). The van der Waals surface area contributed by atoms with Crippen molar-refractivity contribution in [3.63, 3.8) is 0 Å². The molecule has 17 heavy (non-hydrogen) atoms. The first-order chi connectivity index (χ1) is 7.80. The van der Waals surface area contributed by atoms with Crippen molar-refractivity contribution in [2.75, 3.05) is 5.73 Å². The van der Waals surface area contributed by atoms with Crippen molar-refractivity contribution < 1.29 is 13.3 Å². The first-order valence-electron chi connectivity index (χ1n) is 4.94. The van der Waals surface area contributed by atoms with Crippen LogP contribution in [-0.2, 0) is 9.84 Å². The average Bonchev–Trinajstić information content (AvgIpc) is 2.27. The number of anilines is 1. The molecule has 1 unspecified atom stereocenters. The molecule has 8 heteroatoms. The second kappa shape index (κ2) is 4.66. The molecular weight excluding hydrogens is 246 g/mol. The Bertz CT molecular complexity index is 541. The minimum atomic E-state index is -3.58. The molecule has 0 bridgehead atoms. The molecule has 1 aromatic heterocycles. The molecule has 0 spiro atoms. The molecule has 1 aromatic rings. The second-order valence-electron chi connectivity index (χ2n) is 3.60. The number of nitrogens with zero attached hydrogens (tertiary/aromatic N) is 2. The maximum absolute atomic E-state index is 11.9. The molecular formula is C9H13N3O4S. The third kappa shape index (κ3) is 2.52. The summed E-state index contributed by atoms with van der Waals surface area (Å²) >= 11 is 0. The lowest BCUT2D eigenvalue weighted by molar-refractivity contribution is -0.384. The minimum absolute atomic E-state index is 0.173. The van der Waals surface area contributed by atoms with E-state index in [4.69, 9.17) is 5.73 Å². The molecule has 1 atom stereocenters. The topological polar surface area (TPSA) is 116 Å². The summed E-state index contributed by atoms with van der Waals surface area (Å²) in [6.07, 6.45) is 1.46. The van der Waals surface area contributed by atoms with Gasteiger partial charge in [0.1, 0.15) is 0 Å². The van der Waals surface area contributed by atoms with E-state index in [1.54, 1.807) is 6.92 Å². The molecule has 0 aromatic carbocycles. The number of nitrogens with two attached hydrogens (primary N) is 1. The van der Waals surface area contributed by atoms with E-state index in [9.17, 15) is 18.5 Å². The Labute approximate surface area is 98.7 Å². The Hall–Kier alpha value is -1.70. The summed E-state index contributed by atoms with van der Waals surface area (Å²) in [6, 6.07) is 0.948. The van der Waals surface area contributed by atoms with Gasteiger partial charge in [-0.25, -0.2) is 13.4 Å². The highest BCUT2D eigenvalue weighted by atomic mass is 32.2. The van der Waals surface area contributed by atoms with E-state index < -0.39 is 25.7 Å². The number of nitro groups is 1. The maximum Gasteiger partial charge on any atom is 0.312 e. The summed E-state index contributed by atoms with van der Waals surface area (Å²) < 4.78 is 23.9. The maximum atomic E-state index is 11.9. The Balaban J connectivity index is 3.35. The number of nitrogen functional groups attached to an aromatic ring is 1. The lowest BCUT2D eigenvalue weighted by atomic mass is 10.4. The van der Waals surface area contributed by atoms with Gasteiger partial charge in [-0.2, -0.15) is 0 Å². The number of aromatic nitrogens is 1. The highest BCUT2D eigenvalue weighted by Crippen LogP contribution is 2.25. The molecule has 1 rings (SSSR count). The van der Waals surface area contributed by atoms with Crippen LogP contribution in [0.25, 0.3) is 0 Å². The van der Waals surface area contributed by atoms with E-state index in [0.717, 1.165) is 12.3 Å². The van der Waals surface area contributed by atoms with Gasteiger partial charge in [-0.3, -0.25) is 10.1 Å². The quantitative estimate of drug-likeness (QED) is 0.640. The van der Waals surface area contributed by atoms with Crippen molar-refractivity contribution >= 4 is 21.3 Å². The van der Waals surface area contributed by atoms with Crippen molar-refractivity contribution in [1.82, 2.24) is 4.98 Å². The molecule has 0 radical (unpaired) electrons. The van der Waals surface area contributed by atoms with Gasteiger partial charge >= 0.3 is 5.69 Å². The van der Waals surface area contributed by atoms with E-state index in [1.807, 2.05) is 0 Å². The van der Waals surface area contributed by atoms with Crippen LogP contribution in [0.3, 0.4) is 0 Å². The van der Waals surface area contributed by atoms with Crippen LogP contribution >= 0.6 is 0 Å². The summed E-state index contributed by atoms with van der Waals surface area (Å²) in [5.74, 6) is -0.293. The van der Waals surface area contributed by atoms with Gasteiger partial charge < -0.3 is 5.73 Å². The molecule has 1 heterocycles. The third-order valence-corrected chi connectivity index (χ3v) is 4.78. The van der Waals surface area contributed by atoms with Crippen LogP contribution in [0.15, 0.2) is 17.2 Å². The van der Waals surface area contributed by atoms with Crippen LogP contribution in [0, 0.1) is 10.1 Å². The zero-order valence-electron chi connectivity index (χ0n) is 9.45. The second-order valence-corrected chi connectivity index (χ2v) is 5.96. The summed E-state index contributed by atoms with van der Waals surface area (Å²) in [5.41, 5.74) is 4.80. The van der Waals surface area contributed by atoms with E-state index >= 15 is 0 Å². The van der Waals surface area contributed by atoms with Crippen LogP contribution in [-0.4, -0.2) is 23.6 Å². The minimum Gasteiger partial charge on any atom is -0.378 e. The Morgan fingerprint density at radius 3 is 2.65 bits per heavy atom. The number of pyridine rings is 1. The zero-order valence-corrected chi connectivity index (χ0v) is 10.3. The highest BCUT2D eigenvalue weighted by Gasteiger charge is 2.25. The van der Waals surface area contributed by atoms with Gasteiger partial charge in [-0.15, -0.1) is 0 Å². The molecule has 0 saturated carbocycles. The molecule has 0 aliphatic carbocycles. The van der Waals surface area contributed by atoms with Crippen LogP contribution in [0.5, 0.6) is 0 Å². The highest BCUT2D eigenvalue weighted by molar-refractivity contribution is 7.92. The van der Waals surface area contributed by atoms with Crippen LogP contribution < -0.4 is 5.73 Å². The first-order valence-corrected chi connectivity index (χ1v) is 6.49. The van der Waals surface area contributed by atoms with Gasteiger partial charge in [-0.05, 0) is 13.3 Å². The summed E-state index contributed by atoms with van der Waals surface area (Å²) in [5, 5.41) is 10.0. The lowest BCUT2D eigenvalue weighted by Crippen LogP contribution is -2.17. The predicted octanol–water partition coefficient (Wildman–Crippen LogP) is 1.14. The fourth-order valence-corrected chi connectivity index (χ4v) is 2.58. The van der Waals surface area contributed by atoms with Gasteiger partial charge in [0.2, 0.25) is 5.82 Å². The third-order valence-electron chi connectivity index (χ3n) is 2.50. The zero-order chi connectivity index (χ0) is 13.2. The number of rotatable bonds is 4. The van der Waals surface area contributed by atoms with Crippen molar-refractivity contribution in [3.8, 4) is 0 Å². The summed E-state index contributed by atoms with van der Waals surface area (Å²) in [6.45, 7) is 3.26. The number of sulfone groups is 1. The van der Waals surface area contributed by atoms with Crippen molar-refractivity contribution in [2.45, 2.75) is 30.4 Å². The molecule has 2 N–H and O–H groups in total. The molecule has 0 aliphatic rings. The number of hydrogen-bond acceptors (Lipinski definition) is 6. The fraction of sp³-hybridized carbons (Fsp3) is 0.444. The smallest absolute Gasteiger partial charge is 0.312 e. The van der Waals surface area contributed by atoms with Crippen molar-refractivity contribution in [2.24, 2.45) is 0 Å². The number of hydrogen-bond donors (Lipinski definition) is 1. The molecule has 94 valence electrons. The lowest BCUT2D eigenvalue weighted by Gasteiger charge is -2.10. The van der Waals surface area contributed by atoms with E-state index in [1.165, 1.54) is 6.92 Å². The van der Waals surface area contributed by atoms with Gasteiger partial charge in [-0.1, -0.05) is 6.92 Å². The predicted molar refractivity (Wildman–Crippen MR) is 62.2 cm³/mol. The molecule has 0 fully saturated rings. The first kappa shape index (κ1) is 13.4. The van der Waals surface area contributed by atoms with Crippen LogP contribution in [0.2, 0.25) is 0 Å². The van der Waals surface area contributed by atoms with Crippen LogP contribution in [0.1, 0.15) is 20.3 Å². The van der Waals surface area contributed by atoms with Gasteiger partial charge in [0, 0.05) is 12.3 Å². The van der Waals surface area contributed by atoms with Crippen LogP contribution in [0.4, 0.5) is 11.5 Å². The fourth-order valence-electron chi connectivity index (χ4n) is 1.20. The van der Waals surface area contributed by atoms with E-state index in [2.05, 4.69) is 4.98 Å². The molecule has 7 nitrogen and oxygen atoms in total. The molecule has 0 saturated heterocycles. The Morgan fingerprint density at radius 1 is 1.59 bits per heavy atom. The molecule has 0 aliphatic heterocycles. The normalized spacial score (nSPS) is 13.3. The SMILES string of the molecule is CCC(C)S(=O)(=O)c1cnc(N)c([N+](=O)[O-])c1. The summed E-state index contributed by atoms with van der Waals surface area (Å²) in [7, 11) is -3.58. The Morgan fingerprint density at radius 2 is 2.18 bits per heavy atom. The van der Waals surface area contributed by atoms with Crippen molar-refractivity contribution in [3.05, 3.63) is 22.4 Å². The largest absolute Gasteiger partial charge is 0.378 e. The Kier molecular flexibility index (Phi) is 3.66. The van der Waals surface area contributed by atoms with E-state index in [-0.39, 0.29) is 10.7 Å². The van der Waals surface area contributed by atoms with Gasteiger partial charge in [0.05, 0.1) is 15.1 Å². The monoisotopic (exact) mass is 259 g/mol. The van der Waals surface area contributed by atoms with E-state index in [0.29, 0.717) is 6.42 Å². The summed E-state index contributed by atoms with van der Waals surface area (Å²) in [4.78, 5) is 13.2. The van der Waals surface area contributed by atoms with Crippen molar-refractivity contribution in [1.29, 1.82) is 0 Å². The van der Waals surface area contributed by atoms with Gasteiger partial charge in [0.15, 0.2) is 9.84 Å². The van der Waals surface area contributed by atoms with Gasteiger partial charge in [0.25, 0.3) is 0 Å². The average molecular weight is 259 g/mol.